The highest BCUT2D eigenvalue weighted by atomic mass is 19.1. The molecule has 0 aliphatic rings. The van der Waals surface area contributed by atoms with Gasteiger partial charge in [0, 0.05) is 5.69 Å². The fourth-order valence-electron chi connectivity index (χ4n) is 2.49. The molecule has 9 nitrogen and oxygen atoms in total. The van der Waals surface area contributed by atoms with Crippen LogP contribution in [0.2, 0.25) is 0 Å². The van der Waals surface area contributed by atoms with Gasteiger partial charge in [-0.05, 0) is 30.3 Å². The van der Waals surface area contributed by atoms with E-state index in [9.17, 15) is 4.39 Å². The molecule has 0 atom stereocenters. The third-order valence-corrected chi connectivity index (χ3v) is 3.70. The molecule has 10 heteroatoms. The number of nitrogens with one attached hydrogen (secondary N) is 1. The first-order valence-electron chi connectivity index (χ1n) is 8.14. The summed E-state index contributed by atoms with van der Waals surface area (Å²) in [4.78, 5) is 16.6. The molecule has 0 amide bonds. The first-order chi connectivity index (χ1) is 13.6. The van der Waals surface area contributed by atoms with E-state index in [0.29, 0.717) is 17.0 Å². The lowest BCUT2D eigenvalue weighted by Gasteiger charge is -2.06. The summed E-state index contributed by atoms with van der Waals surface area (Å²) < 4.78 is 24.0. The van der Waals surface area contributed by atoms with Crippen LogP contribution in [0.25, 0.3) is 23.1 Å². The highest BCUT2D eigenvalue weighted by Gasteiger charge is 2.17. The standard InChI is InChI=1S/C18H14FN7O2/c1-27-13-8-3-2-7-12(13)16-22-15(26-28-16)14-23-17(20)25-18(24-14)21-11-6-4-5-10(19)9-11/h2-9H,1H3,(H3,20,21,23,24,25). The van der Waals surface area contributed by atoms with Crippen molar-refractivity contribution in [1.29, 1.82) is 0 Å². The minimum atomic E-state index is -0.396. The minimum absolute atomic E-state index is 0.0486. The van der Waals surface area contributed by atoms with Gasteiger partial charge in [0.1, 0.15) is 11.6 Å². The Bertz CT molecular complexity index is 1130. The van der Waals surface area contributed by atoms with Crippen molar-refractivity contribution in [3.63, 3.8) is 0 Å². The van der Waals surface area contributed by atoms with Crippen molar-refractivity contribution in [2.75, 3.05) is 18.2 Å². The number of nitrogens with two attached hydrogens (primary N) is 1. The SMILES string of the molecule is COc1ccccc1-c1nc(-c2nc(N)nc(Nc3cccc(F)c3)n2)no1. The van der Waals surface area contributed by atoms with Crippen molar-refractivity contribution in [3.8, 4) is 28.9 Å². The molecule has 0 bridgehead atoms. The predicted molar refractivity (Wildman–Crippen MR) is 99.2 cm³/mol. The zero-order chi connectivity index (χ0) is 19.5. The molecule has 0 spiro atoms. The van der Waals surface area contributed by atoms with Gasteiger partial charge in [0.2, 0.25) is 23.5 Å². The zero-order valence-corrected chi connectivity index (χ0v) is 14.6. The maximum absolute atomic E-state index is 13.4. The molecule has 2 heterocycles. The van der Waals surface area contributed by atoms with Gasteiger partial charge in [-0.3, -0.25) is 0 Å². The third kappa shape index (κ3) is 3.56. The van der Waals surface area contributed by atoms with Crippen LogP contribution >= 0.6 is 0 Å². The summed E-state index contributed by atoms with van der Waals surface area (Å²) >= 11 is 0. The van der Waals surface area contributed by atoms with E-state index in [1.165, 1.54) is 12.1 Å². The summed E-state index contributed by atoms with van der Waals surface area (Å²) in [7, 11) is 1.55. The average Bonchev–Trinajstić information content (AvgIpc) is 3.17. The topological polar surface area (TPSA) is 125 Å². The molecule has 28 heavy (non-hydrogen) atoms. The second-order valence-corrected chi connectivity index (χ2v) is 5.60. The van der Waals surface area contributed by atoms with E-state index < -0.39 is 5.82 Å². The molecule has 2 aromatic heterocycles. The van der Waals surface area contributed by atoms with Gasteiger partial charge in [0.15, 0.2) is 0 Å². The van der Waals surface area contributed by atoms with E-state index in [-0.39, 0.29) is 29.4 Å². The molecule has 3 N–H and O–H groups in total. The maximum Gasteiger partial charge on any atom is 0.262 e. The Morgan fingerprint density at radius 1 is 1.00 bits per heavy atom. The van der Waals surface area contributed by atoms with E-state index >= 15 is 0 Å². The van der Waals surface area contributed by atoms with Crippen LogP contribution in [0.1, 0.15) is 0 Å². The van der Waals surface area contributed by atoms with Crippen LogP contribution in [-0.2, 0) is 0 Å². The van der Waals surface area contributed by atoms with Crippen molar-refractivity contribution < 1.29 is 13.7 Å². The molecule has 0 unspecified atom stereocenters. The fourth-order valence-corrected chi connectivity index (χ4v) is 2.49. The number of nitrogen functional groups attached to an aromatic ring is 1. The Morgan fingerprint density at radius 2 is 1.86 bits per heavy atom. The largest absolute Gasteiger partial charge is 0.496 e. The number of benzene rings is 2. The number of anilines is 3. The summed E-state index contributed by atoms with van der Waals surface area (Å²) in [6.07, 6.45) is 0. The average molecular weight is 379 g/mol. The second-order valence-electron chi connectivity index (χ2n) is 5.60. The number of aromatic nitrogens is 5. The second kappa shape index (κ2) is 7.27. The lowest BCUT2D eigenvalue weighted by atomic mass is 10.2. The molecule has 0 aliphatic heterocycles. The fraction of sp³-hybridized carbons (Fsp3) is 0.0556. The quantitative estimate of drug-likeness (QED) is 0.538. The van der Waals surface area contributed by atoms with E-state index in [2.05, 4.69) is 30.4 Å². The van der Waals surface area contributed by atoms with Crippen molar-refractivity contribution in [2.24, 2.45) is 0 Å². The first-order valence-corrected chi connectivity index (χ1v) is 8.14. The normalized spacial score (nSPS) is 10.6. The number of hydrogen-bond donors (Lipinski definition) is 2. The number of ether oxygens (including phenoxy) is 1. The predicted octanol–water partition coefficient (Wildman–Crippen LogP) is 3.06. The Morgan fingerprint density at radius 3 is 2.68 bits per heavy atom. The summed E-state index contributed by atoms with van der Waals surface area (Å²) in [6.45, 7) is 0. The molecule has 2 aromatic carbocycles. The van der Waals surface area contributed by atoms with Gasteiger partial charge in [-0.25, -0.2) is 4.39 Å². The molecule has 140 valence electrons. The monoisotopic (exact) mass is 379 g/mol. The van der Waals surface area contributed by atoms with Crippen LogP contribution in [0.4, 0.5) is 22.0 Å². The van der Waals surface area contributed by atoms with Crippen LogP contribution in [0.15, 0.2) is 53.1 Å². The smallest absolute Gasteiger partial charge is 0.262 e. The van der Waals surface area contributed by atoms with Crippen LogP contribution in [0, 0.1) is 5.82 Å². The van der Waals surface area contributed by atoms with Gasteiger partial charge in [-0.2, -0.15) is 19.9 Å². The molecular weight excluding hydrogens is 365 g/mol. The number of halogens is 1. The molecular formula is C18H14FN7O2. The lowest BCUT2D eigenvalue weighted by Crippen LogP contribution is -2.05. The number of nitrogens with zero attached hydrogens (tertiary/aromatic N) is 5. The molecule has 0 fully saturated rings. The molecule has 0 aliphatic carbocycles. The Balaban J connectivity index is 1.67. The summed E-state index contributed by atoms with van der Waals surface area (Å²) in [5.41, 5.74) is 6.85. The summed E-state index contributed by atoms with van der Waals surface area (Å²) in [5, 5.41) is 6.77. The highest BCUT2D eigenvalue weighted by Crippen LogP contribution is 2.29. The molecule has 0 saturated heterocycles. The van der Waals surface area contributed by atoms with Gasteiger partial charge >= 0.3 is 0 Å². The van der Waals surface area contributed by atoms with Crippen molar-refractivity contribution in [1.82, 2.24) is 25.1 Å². The van der Waals surface area contributed by atoms with Gasteiger partial charge < -0.3 is 20.3 Å². The van der Waals surface area contributed by atoms with Gasteiger partial charge in [0.05, 0.1) is 12.7 Å². The lowest BCUT2D eigenvalue weighted by molar-refractivity contribution is 0.405. The highest BCUT2D eigenvalue weighted by molar-refractivity contribution is 5.64. The van der Waals surface area contributed by atoms with Crippen molar-refractivity contribution in [3.05, 3.63) is 54.3 Å². The summed E-state index contributed by atoms with van der Waals surface area (Å²) in [6, 6.07) is 13.1. The van der Waals surface area contributed by atoms with E-state index in [4.69, 9.17) is 15.0 Å². The van der Waals surface area contributed by atoms with E-state index in [0.717, 1.165) is 0 Å². The molecule has 4 rings (SSSR count). The third-order valence-electron chi connectivity index (χ3n) is 3.70. The van der Waals surface area contributed by atoms with Crippen LogP contribution in [-0.4, -0.2) is 32.2 Å². The maximum atomic E-state index is 13.4. The van der Waals surface area contributed by atoms with Crippen LogP contribution < -0.4 is 15.8 Å². The van der Waals surface area contributed by atoms with Crippen LogP contribution in [0.5, 0.6) is 5.75 Å². The zero-order valence-electron chi connectivity index (χ0n) is 14.6. The number of rotatable bonds is 5. The first kappa shape index (κ1) is 17.3. The van der Waals surface area contributed by atoms with Crippen LogP contribution in [0.3, 0.4) is 0 Å². The molecule has 0 radical (unpaired) electrons. The minimum Gasteiger partial charge on any atom is -0.496 e. The number of methoxy groups -OCH3 is 1. The van der Waals surface area contributed by atoms with Gasteiger partial charge in [0.25, 0.3) is 5.89 Å². The Labute approximate surface area is 158 Å². The molecule has 0 saturated carbocycles. The van der Waals surface area contributed by atoms with Gasteiger partial charge in [-0.15, -0.1) is 0 Å². The number of hydrogen-bond acceptors (Lipinski definition) is 9. The van der Waals surface area contributed by atoms with E-state index in [1.54, 1.807) is 31.4 Å². The van der Waals surface area contributed by atoms with Crippen molar-refractivity contribution in [2.45, 2.75) is 0 Å². The summed E-state index contributed by atoms with van der Waals surface area (Å²) in [5.74, 6) is 0.733. The molecule has 4 aromatic rings. The Kier molecular flexibility index (Phi) is 4.50. The van der Waals surface area contributed by atoms with E-state index in [1.807, 2.05) is 12.1 Å². The van der Waals surface area contributed by atoms with Gasteiger partial charge in [-0.1, -0.05) is 23.4 Å². The van der Waals surface area contributed by atoms with Crippen molar-refractivity contribution >= 4 is 17.6 Å². The number of para-hydroxylation sites is 1. The Hall–Kier alpha value is -4.08.